The van der Waals surface area contributed by atoms with Gasteiger partial charge in [0.05, 0.1) is 18.7 Å². The number of rotatable bonds is 3. The number of aromatic nitrogens is 1. The number of benzene rings is 2. The first kappa shape index (κ1) is 13.6. The molecule has 3 rings (SSSR count). The highest BCUT2D eigenvalue weighted by Gasteiger charge is 2.11. The molecule has 1 aromatic heterocycles. The average molecular weight is 278 g/mol. The van der Waals surface area contributed by atoms with Crippen molar-refractivity contribution < 1.29 is 4.74 Å². The van der Waals surface area contributed by atoms with Crippen molar-refractivity contribution in [1.29, 1.82) is 0 Å². The fourth-order valence-corrected chi connectivity index (χ4v) is 2.50. The van der Waals surface area contributed by atoms with Gasteiger partial charge in [0.15, 0.2) is 0 Å². The number of ether oxygens (including phenoxy) is 1. The van der Waals surface area contributed by atoms with Crippen LogP contribution in [0.4, 0.5) is 0 Å². The largest absolute Gasteiger partial charge is 0.496 e. The van der Waals surface area contributed by atoms with Crippen LogP contribution in [0.3, 0.4) is 0 Å². The lowest BCUT2D eigenvalue weighted by Gasteiger charge is -2.15. The number of hydrogen-bond donors (Lipinski definition) is 1. The Morgan fingerprint density at radius 1 is 1.05 bits per heavy atom. The lowest BCUT2D eigenvalue weighted by Crippen LogP contribution is -2.12. The molecule has 2 aromatic carbocycles. The van der Waals surface area contributed by atoms with Crippen LogP contribution in [-0.4, -0.2) is 12.1 Å². The van der Waals surface area contributed by atoms with Gasteiger partial charge < -0.3 is 10.5 Å². The van der Waals surface area contributed by atoms with E-state index < -0.39 is 0 Å². The van der Waals surface area contributed by atoms with Gasteiger partial charge in [0, 0.05) is 11.6 Å². The fourth-order valence-electron chi connectivity index (χ4n) is 2.50. The summed E-state index contributed by atoms with van der Waals surface area (Å²) in [7, 11) is 1.68. The summed E-state index contributed by atoms with van der Waals surface area (Å²) in [4.78, 5) is 4.39. The van der Waals surface area contributed by atoms with Crippen molar-refractivity contribution in [3.63, 3.8) is 0 Å². The van der Waals surface area contributed by atoms with Gasteiger partial charge in [0.25, 0.3) is 0 Å². The highest BCUT2D eigenvalue weighted by Crippen LogP contribution is 2.27. The maximum atomic E-state index is 6.40. The van der Waals surface area contributed by atoms with E-state index in [2.05, 4.69) is 17.1 Å². The van der Waals surface area contributed by atoms with Gasteiger partial charge >= 0.3 is 0 Å². The van der Waals surface area contributed by atoms with E-state index in [4.69, 9.17) is 10.5 Å². The summed E-state index contributed by atoms with van der Waals surface area (Å²) in [6, 6.07) is 16.0. The minimum atomic E-state index is -0.189. The highest BCUT2D eigenvalue weighted by atomic mass is 16.5. The Kier molecular flexibility index (Phi) is 3.59. The molecule has 2 N–H and O–H groups in total. The van der Waals surface area contributed by atoms with Crippen molar-refractivity contribution in [2.75, 3.05) is 7.11 Å². The molecule has 1 atom stereocenters. The lowest BCUT2D eigenvalue weighted by molar-refractivity contribution is 0.411. The number of methoxy groups -OCH3 is 1. The second-order valence-corrected chi connectivity index (χ2v) is 5.16. The summed E-state index contributed by atoms with van der Waals surface area (Å²) in [6.07, 6.45) is 1.80. The highest BCUT2D eigenvalue weighted by molar-refractivity contribution is 5.79. The first-order valence-corrected chi connectivity index (χ1v) is 6.94. The summed E-state index contributed by atoms with van der Waals surface area (Å²) >= 11 is 0. The van der Waals surface area contributed by atoms with Crippen LogP contribution < -0.4 is 10.5 Å². The van der Waals surface area contributed by atoms with Gasteiger partial charge in [0.2, 0.25) is 0 Å². The van der Waals surface area contributed by atoms with Crippen LogP contribution in [-0.2, 0) is 0 Å². The van der Waals surface area contributed by atoms with E-state index in [0.717, 1.165) is 33.3 Å². The number of nitrogens with two attached hydrogens (primary N) is 1. The predicted octanol–water partition coefficient (Wildman–Crippen LogP) is 3.60. The van der Waals surface area contributed by atoms with E-state index in [-0.39, 0.29) is 6.04 Å². The predicted molar refractivity (Wildman–Crippen MR) is 85.5 cm³/mol. The zero-order valence-corrected chi connectivity index (χ0v) is 12.2. The van der Waals surface area contributed by atoms with Gasteiger partial charge in [-0.15, -0.1) is 0 Å². The van der Waals surface area contributed by atoms with E-state index in [1.54, 1.807) is 13.3 Å². The van der Waals surface area contributed by atoms with Crippen LogP contribution in [0, 0.1) is 6.92 Å². The molecule has 1 unspecified atom stereocenters. The number of hydrogen-bond acceptors (Lipinski definition) is 3. The molecule has 3 aromatic rings. The third kappa shape index (κ3) is 2.60. The average Bonchev–Trinajstić information content (AvgIpc) is 2.54. The molecule has 0 radical (unpaired) electrons. The van der Waals surface area contributed by atoms with Crippen LogP contribution in [0.5, 0.6) is 5.75 Å². The normalized spacial score (nSPS) is 12.3. The molecule has 0 saturated carbocycles. The molecule has 0 fully saturated rings. The fraction of sp³-hybridized carbons (Fsp3) is 0.167. The van der Waals surface area contributed by atoms with E-state index in [1.165, 1.54) is 0 Å². The Balaban J connectivity index is 2.01. The quantitative estimate of drug-likeness (QED) is 0.796. The van der Waals surface area contributed by atoms with Gasteiger partial charge in [-0.2, -0.15) is 0 Å². The molecule has 0 spiro atoms. The summed E-state index contributed by atoms with van der Waals surface area (Å²) in [5.41, 5.74) is 10.5. The van der Waals surface area contributed by atoms with E-state index in [1.807, 2.05) is 43.3 Å². The van der Waals surface area contributed by atoms with Gasteiger partial charge in [-0.05, 0) is 41.8 Å². The van der Waals surface area contributed by atoms with Gasteiger partial charge in [0.1, 0.15) is 5.75 Å². The molecule has 0 bridgehead atoms. The van der Waals surface area contributed by atoms with E-state index in [0.29, 0.717) is 0 Å². The number of nitrogens with zero attached hydrogens (tertiary/aromatic N) is 1. The van der Waals surface area contributed by atoms with Crippen molar-refractivity contribution >= 4 is 10.9 Å². The monoisotopic (exact) mass is 278 g/mol. The van der Waals surface area contributed by atoms with Gasteiger partial charge in [-0.25, -0.2) is 0 Å². The van der Waals surface area contributed by atoms with Crippen LogP contribution in [0.1, 0.15) is 22.7 Å². The molecule has 1 heterocycles. The minimum Gasteiger partial charge on any atom is -0.496 e. The topological polar surface area (TPSA) is 48.1 Å². The molecule has 106 valence electrons. The molecular weight excluding hydrogens is 260 g/mol. The third-order valence-electron chi connectivity index (χ3n) is 3.78. The molecule has 0 aliphatic rings. The van der Waals surface area contributed by atoms with Crippen LogP contribution in [0.2, 0.25) is 0 Å². The van der Waals surface area contributed by atoms with Crippen molar-refractivity contribution in [2.24, 2.45) is 5.73 Å². The molecule has 0 amide bonds. The molecule has 3 nitrogen and oxygen atoms in total. The second kappa shape index (κ2) is 5.54. The minimum absolute atomic E-state index is 0.189. The summed E-state index contributed by atoms with van der Waals surface area (Å²) in [6.45, 7) is 2.02. The number of aryl methyl sites for hydroxylation is 1. The standard InChI is InChI=1S/C18H18N2O/c1-12-5-6-15(11-17(12)21-2)18(19)14-8-7-13-4-3-9-20-16(13)10-14/h3-11,18H,19H2,1-2H3. The third-order valence-corrected chi connectivity index (χ3v) is 3.78. The zero-order chi connectivity index (χ0) is 14.8. The van der Waals surface area contributed by atoms with E-state index in [9.17, 15) is 0 Å². The van der Waals surface area contributed by atoms with Crippen LogP contribution in [0.15, 0.2) is 54.7 Å². The molecule has 21 heavy (non-hydrogen) atoms. The zero-order valence-electron chi connectivity index (χ0n) is 12.2. The SMILES string of the molecule is COc1cc(C(N)c2ccc3cccnc3c2)ccc1C. The Morgan fingerprint density at radius 2 is 1.81 bits per heavy atom. The van der Waals surface area contributed by atoms with Crippen molar-refractivity contribution in [3.8, 4) is 5.75 Å². The molecule has 3 heteroatoms. The molecule has 0 aliphatic carbocycles. The molecular formula is C18H18N2O. The summed E-state index contributed by atoms with van der Waals surface area (Å²) in [5.74, 6) is 0.863. The Hall–Kier alpha value is -2.39. The van der Waals surface area contributed by atoms with Crippen molar-refractivity contribution in [3.05, 3.63) is 71.4 Å². The van der Waals surface area contributed by atoms with Crippen molar-refractivity contribution in [1.82, 2.24) is 4.98 Å². The Bertz CT molecular complexity index is 783. The number of pyridine rings is 1. The first-order valence-electron chi connectivity index (χ1n) is 6.94. The van der Waals surface area contributed by atoms with Crippen LogP contribution >= 0.6 is 0 Å². The summed E-state index contributed by atoms with van der Waals surface area (Å²) < 4.78 is 5.37. The maximum Gasteiger partial charge on any atom is 0.122 e. The van der Waals surface area contributed by atoms with Gasteiger partial charge in [-0.3, -0.25) is 4.98 Å². The van der Waals surface area contributed by atoms with E-state index >= 15 is 0 Å². The van der Waals surface area contributed by atoms with Gasteiger partial charge in [-0.1, -0.05) is 30.3 Å². The lowest BCUT2D eigenvalue weighted by atomic mass is 9.97. The first-order chi connectivity index (χ1) is 10.2. The Morgan fingerprint density at radius 3 is 2.62 bits per heavy atom. The smallest absolute Gasteiger partial charge is 0.122 e. The second-order valence-electron chi connectivity index (χ2n) is 5.16. The molecule has 0 saturated heterocycles. The Labute approximate surface area is 124 Å². The van der Waals surface area contributed by atoms with Crippen molar-refractivity contribution in [2.45, 2.75) is 13.0 Å². The molecule has 0 aliphatic heterocycles. The maximum absolute atomic E-state index is 6.40. The summed E-state index contributed by atoms with van der Waals surface area (Å²) in [5, 5.41) is 1.12. The number of fused-ring (bicyclic) bond motifs is 1. The van der Waals surface area contributed by atoms with Crippen LogP contribution in [0.25, 0.3) is 10.9 Å².